The van der Waals surface area contributed by atoms with Crippen LogP contribution in [0, 0.1) is 0 Å². The van der Waals surface area contributed by atoms with Crippen LogP contribution in [0.1, 0.15) is 21.6 Å². The van der Waals surface area contributed by atoms with E-state index in [0.29, 0.717) is 33.1 Å². The lowest BCUT2D eigenvalue weighted by Gasteiger charge is -2.06. The van der Waals surface area contributed by atoms with E-state index in [1.54, 1.807) is 43.3 Å². The summed E-state index contributed by atoms with van der Waals surface area (Å²) in [6.07, 6.45) is 3.22. The zero-order valence-electron chi connectivity index (χ0n) is 15.7. The maximum Gasteiger partial charge on any atom is 0.293 e. The third-order valence-corrected chi connectivity index (χ3v) is 4.83. The normalized spacial score (nSPS) is 10.9. The molecule has 150 valence electrons. The molecule has 3 aromatic rings. The number of nitrogens with zero attached hydrogens (tertiary/aromatic N) is 3. The fourth-order valence-electron chi connectivity index (χ4n) is 2.56. The summed E-state index contributed by atoms with van der Waals surface area (Å²) in [6, 6.07) is 12.7. The third kappa shape index (κ3) is 5.36. The van der Waals surface area contributed by atoms with E-state index in [0.717, 1.165) is 5.56 Å². The molecule has 2 aromatic carbocycles. The van der Waals surface area contributed by atoms with E-state index < -0.39 is 5.91 Å². The molecule has 0 bridgehead atoms. The van der Waals surface area contributed by atoms with Crippen molar-refractivity contribution in [3.63, 3.8) is 0 Å². The minimum atomic E-state index is -0.440. The maximum absolute atomic E-state index is 12.4. The van der Waals surface area contributed by atoms with Gasteiger partial charge in [-0.2, -0.15) is 10.2 Å². The van der Waals surface area contributed by atoms with Crippen LogP contribution in [0.4, 0.5) is 0 Å². The number of hydrogen-bond acceptors (Lipinski definition) is 5. The Bertz CT molecular complexity index is 1030. The number of halogens is 2. The van der Waals surface area contributed by atoms with Crippen LogP contribution in [0.15, 0.2) is 58.2 Å². The molecule has 0 atom stereocenters. The van der Waals surface area contributed by atoms with Crippen molar-refractivity contribution in [2.45, 2.75) is 6.54 Å². The van der Waals surface area contributed by atoms with Gasteiger partial charge < -0.3 is 9.47 Å². The molecule has 0 fully saturated rings. The van der Waals surface area contributed by atoms with E-state index in [9.17, 15) is 4.79 Å². The van der Waals surface area contributed by atoms with Crippen molar-refractivity contribution < 1.29 is 14.3 Å². The van der Waals surface area contributed by atoms with Gasteiger partial charge in [-0.05, 0) is 51.8 Å². The summed E-state index contributed by atoms with van der Waals surface area (Å²) in [5, 5.41) is 8.99. The summed E-state index contributed by atoms with van der Waals surface area (Å²) < 4.78 is 12.7. The minimum Gasteiger partial charge on any atom is -0.497 e. The molecule has 1 N–H and O–H groups in total. The van der Waals surface area contributed by atoms with Crippen LogP contribution in [0.3, 0.4) is 0 Å². The van der Waals surface area contributed by atoms with Crippen molar-refractivity contribution in [2.24, 2.45) is 5.10 Å². The van der Waals surface area contributed by atoms with Crippen LogP contribution in [-0.4, -0.2) is 36.1 Å². The SMILES string of the molecule is COc1ccc(OC)c(/C=N\NC(=O)c2nn(Cc3ccc(Cl)cc3)cc2Br)c1. The van der Waals surface area contributed by atoms with Gasteiger partial charge in [-0.25, -0.2) is 5.43 Å². The number of aromatic nitrogens is 2. The van der Waals surface area contributed by atoms with Crippen molar-refractivity contribution in [3.8, 4) is 11.5 Å². The molecule has 1 aromatic heterocycles. The van der Waals surface area contributed by atoms with Crippen molar-refractivity contribution >= 4 is 39.7 Å². The number of rotatable bonds is 7. The molecule has 1 amide bonds. The number of carbonyl (C=O) groups is 1. The predicted molar refractivity (Wildman–Crippen MR) is 115 cm³/mol. The molecule has 7 nitrogen and oxygen atoms in total. The van der Waals surface area contributed by atoms with Gasteiger partial charge in [0.1, 0.15) is 11.5 Å². The van der Waals surface area contributed by atoms with Gasteiger partial charge in [-0.15, -0.1) is 0 Å². The largest absolute Gasteiger partial charge is 0.497 e. The number of amides is 1. The number of hydrazone groups is 1. The van der Waals surface area contributed by atoms with Crippen LogP contribution >= 0.6 is 27.5 Å². The number of nitrogens with one attached hydrogen (secondary N) is 1. The summed E-state index contributed by atoms with van der Waals surface area (Å²) in [6.45, 7) is 0.507. The van der Waals surface area contributed by atoms with Gasteiger partial charge in [0.2, 0.25) is 0 Å². The first kappa shape index (κ1) is 20.9. The van der Waals surface area contributed by atoms with E-state index in [2.05, 4.69) is 31.6 Å². The Hall–Kier alpha value is -2.84. The van der Waals surface area contributed by atoms with Crippen molar-refractivity contribution in [1.29, 1.82) is 0 Å². The predicted octanol–water partition coefficient (Wildman–Crippen LogP) is 4.13. The fourth-order valence-corrected chi connectivity index (χ4v) is 3.18. The molecule has 0 aliphatic heterocycles. The van der Waals surface area contributed by atoms with Crippen molar-refractivity contribution in [2.75, 3.05) is 14.2 Å². The molecular formula is C20H18BrClN4O3. The Labute approximate surface area is 181 Å². The van der Waals surface area contributed by atoms with Gasteiger partial charge in [-0.1, -0.05) is 23.7 Å². The molecule has 9 heteroatoms. The summed E-state index contributed by atoms with van der Waals surface area (Å²) in [5.74, 6) is 0.823. The lowest BCUT2D eigenvalue weighted by molar-refractivity contribution is 0.0948. The quantitative estimate of drug-likeness (QED) is 0.410. The Morgan fingerprint density at radius 3 is 2.69 bits per heavy atom. The van der Waals surface area contributed by atoms with E-state index >= 15 is 0 Å². The summed E-state index contributed by atoms with van der Waals surface area (Å²) in [4.78, 5) is 12.4. The van der Waals surface area contributed by atoms with Gasteiger partial charge in [0.05, 0.1) is 31.5 Å². The molecule has 0 radical (unpaired) electrons. The first-order valence-electron chi connectivity index (χ1n) is 8.53. The summed E-state index contributed by atoms with van der Waals surface area (Å²) in [5.41, 5.74) is 4.38. The molecule has 0 aliphatic carbocycles. The van der Waals surface area contributed by atoms with E-state index in [-0.39, 0.29) is 5.69 Å². The standard InChI is InChI=1S/C20H18BrClN4O3/c1-28-16-7-8-18(29-2)14(9-16)10-23-24-20(27)19-17(21)12-26(25-19)11-13-3-5-15(22)6-4-13/h3-10,12H,11H2,1-2H3,(H,24,27)/b23-10-. The molecule has 1 heterocycles. The van der Waals surface area contributed by atoms with Gasteiger partial charge in [0.25, 0.3) is 5.91 Å². The van der Waals surface area contributed by atoms with Crippen LogP contribution in [0.5, 0.6) is 11.5 Å². The summed E-state index contributed by atoms with van der Waals surface area (Å²) in [7, 11) is 3.13. The number of methoxy groups -OCH3 is 2. The van der Waals surface area contributed by atoms with E-state index in [1.807, 2.05) is 24.3 Å². The highest BCUT2D eigenvalue weighted by molar-refractivity contribution is 9.10. The molecule has 29 heavy (non-hydrogen) atoms. The van der Waals surface area contributed by atoms with Gasteiger partial charge in [0.15, 0.2) is 5.69 Å². The van der Waals surface area contributed by atoms with Crippen LogP contribution in [0.2, 0.25) is 5.02 Å². The second-order valence-electron chi connectivity index (χ2n) is 5.96. The Kier molecular flexibility index (Phi) is 6.90. The minimum absolute atomic E-state index is 0.230. The first-order valence-corrected chi connectivity index (χ1v) is 9.70. The van der Waals surface area contributed by atoms with E-state index in [4.69, 9.17) is 21.1 Å². The molecule has 0 spiro atoms. The van der Waals surface area contributed by atoms with Gasteiger partial charge in [0, 0.05) is 16.8 Å². The monoisotopic (exact) mass is 476 g/mol. The van der Waals surface area contributed by atoms with Crippen molar-refractivity contribution in [1.82, 2.24) is 15.2 Å². The molecular weight excluding hydrogens is 460 g/mol. The summed E-state index contributed by atoms with van der Waals surface area (Å²) >= 11 is 9.27. The van der Waals surface area contributed by atoms with Crippen LogP contribution in [-0.2, 0) is 6.54 Å². The highest BCUT2D eigenvalue weighted by Gasteiger charge is 2.15. The highest BCUT2D eigenvalue weighted by Crippen LogP contribution is 2.22. The van der Waals surface area contributed by atoms with E-state index in [1.165, 1.54) is 6.21 Å². The average Bonchev–Trinajstić information content (AvgIpc) is 3.09. The molecule has 0 unspecified atom stereocenters. The second-order valence-corrected chi connectivity index (χ2v) is 7.25. The Morgan fingerprint density at radius 1 is 1.24 bits per heavy atom. The molecule has 0 saturated heterocycles. The molecule has 0 aliphatic rings. The smallest absolute Gasteiger partial charge is 0.293 e. The zero-order chi connectivity index (χ0) is 20.8. The third-order valence-electron chi connectivity index (χ3n) is 4.00. The number of ether oxygens (including phenoxy) is 2. The first-order chi connectivity index (χ1) is 14.0. The average molecular weight is 478 g/mol. The highest BCUT2D eigenvalue weighted by atomic mass is 79.9. The zero-order valence-corrected chi connectivity index (χ0v) is 18.1. The van der Waals surface area contributed by atoms with Crippen molar-refractivity contribution in [3.05, 3.63) is 75.0 Å². The van der Waals surface area contributed by atoms with Gasteiger partial charge in [-0.3, -0.25) is 9.48 Å². The topological polar surface area (TPSA) is 77.7 Å². The Balaban J connectivity index is 1.69. The number of benzene rings is 2. The maximum atomic E-state index is 12.4. The fraction of sp³-hybridized carbons (Fsp3) is 0.150. The lowest BCUT2D eigenvalue weighted by atomic mass is 10.2. The van der Waals surface area contributed by atoms with Crippen LogP contribution < -0.4 is 14.9 Å². The second kappa shape index (κ2) is 9.58. The molecule has 0 saturated carbocycles. The number of carbonyl (C=O) groups excluding carboxylic acids is 1. The van der Waals surface area contributed by atoms with Gasteiger partial charge >= 0.3 is 0 Å². The number of hydrogen-bond donors (Lipinski definition) is 1. The molecule has 3 rings (SSSR count). The lowest BCUT2D eigenvalue weighted by Crippen LogP contribution is -2.19. The van der Waals surface area contributed by atoms with Crippen LogP contribution in [0.25, 0.3) is 0 Å². The Morgan fingerprint density at radius 2 is 2.00 bits per heavy atom.